The Bertz CT molecular complexity index is 329. The van der Waals surface area contributed by atoms with Gasteiger partial charge in [0.15, 0.2) is 0 Å². The molecule has 1 aromatic carbocycles. The predicted molar refractivity (Wildman–Crippen MR) is 58.3 cm³/mol. The molecule has 1 fully saturated rings. The number of hydrogen-bond acceptors (Lipinski definition) is 1. The number of aromatic hydroxyl groups is 1. The zero-order valence-corrected chi connectivity index (χ0v) is 8.88. The number of phenols is 1. The molecule has 2 rings (SSSR count). The van der Waals surface area contributed by atoms with E-state index in [2.05, 4.69) is 0 Å². The van der Waals surface area contributed by atoms with Crippen molar-refractivity contribution in [2.75, 3.05) is 0 Å². The van der Waals surface area contributed by atoms with Gasteiger partial charge >= 0.3 is 0 Å². The van der Waals surface area contributed by atoms with E-state index in [1.54, 1.807) is 12.1 Å². The van der Waals surface area contributed by atoms with Gasteiger partial charge in [0.2, 0.25) is 0 Å². The SMILES string of the molecule is Oc1ccc(CC2CCCCC2)c(F)c1. The summed E-state index contributed by atoms with van der Waals surface area (Å²) in [5, 5.41) is 9.10. The fourth-order valence-corrected chi connectivity index (χ4v) is 2.40. The van der Waals surface area contributed by atoms with E-state index in [4.69, 9.17) is 5.11 Å². The molecule has 82 valence electrons. The fraction of sp³-hybridized carbons (Fsp3) is 0.538. The average molecular weight is 208 g/mol. The van der Waals surface area contributed by atoms with Crippen LogP contribution in [0.2, 0.25) is 0 Å². The molecule has 0 amide bonds. The third kappa shape index (κ3) is 2.71. The minimum atomic E-state index is -0.263. The monoisotopic (exact) mass is 208 g/mol. The maximum atomic E-state index is 13.4. The fourth-order valence-electron chi connectivity index (χ4n) is 2.40. The summed E-state index contributed by atoms with van der Waals surface area (Å²) in [6, 6.07) is 4.48. The van der Waals surface area contributed by atoms with Gasteiger partial charge in [0.1, 0.15) is 11.6 Å². The molecule has 2 heteroatoms. The molecule has 1 nitrogen and oxygen atoms in total. The Labute approximate surface area is 89.9 Å². The lowest BCUT2D eigenvalue weighted by Gasteiger charge is -2.21. The van der Waals surface area contributed by atoms with Crippen molar-refractivity contribution in [1.29, 1.82) is 0 Å². The molecule has 0 unspecified atom stereocenters. The normalized spacial score (nSPS) is 17.9. The van der Waals surface area contributed by atoms with E-state index in [9.17, 15) is 4.39 Å². The van der Waals surface area contributed by atoms with Crippen LogP contribution in [-0.2, 0) is 6.42 Å². The quantitative estimate of drug-likeness (QED) is 0.786. The van der Waals surface area contributed by atoms with Crippen molar-refractivity contribution in [2.24, 2.45) is 5.92 Å². The number of rotatable bonds is 2. The second-order valence-corrected chi connectivity index (χ2v) is 4.48. The average Bonchev–Trinajstić information content (AvgIpc) is 2.24. The Morgan fingerprint density at radius 3 is 2.60 bits per heavy atom. The van der Waals surface area contributed by atoms with Crippen LogP contribution in [0.3, 0.4) is 0 Å². The van der Waals surface area contributed by atoms with Gasteiger partial charge in [-0.25, -0.2) is 4.39 Å². The molecule has 0 bridgehead atoms. The van der Waals surface area contributed by atoms with E-state index in [1.165, 1.54) is 38.2 Å². The highest BCUT2D eigenvalue weighted by Gasteiger charge is 2.15. The molecule has 0 heterocycles. The summed E-state index contributed by atoms with van der Waals surface area (Å²) in [6.45, 7) is 0. The molecule has 1 N–H and O–H groups in total. The Kier molecular flexibility index (Phi) is 3.24. The largest absolute Gasteiger partial charge is 0.508 e. The molecule has 1 aromatic rings. The minimum absolute atomic E-state index is 0.0138. The van der Waals surface area contributed by atoms with Gasteiger partial charge < -0.3 is 5.11 Å². The standard InChI is InChI=1S/C13H17FO/c14-13-9-12(15)7-6-11(13)8-10-4-2-1-3-5-10/h6-7,9-10,15H,1-5,8H2. The first kappa shape index (κ1) is 10.5. The van der Waals surface area contributed by atoms with Gasteiger partial charge in [0.25, 0.3) is 0 Å². The van der Waals surface area contributed by atoms with Crippen molar-refractivity contribution >= 4 is 0 Å². The summed E-state index contributed by atoms with van der Waals surface area (Å²) in [5.41, 5.74) is 0.750. The number of halogens is 1. The number of benzene rings is 1. The van der Waals surface area contributed by atoms with Gasteiger partial charge in [-0.1, -0.05) is 38.2 Å². The highest BCUT2D eigenvalue weighted by molar-refractivity contribution is 5.28. The summed E-state index contributed by atoms with van der Waals surface area (Å²) in [7, 11) is 0. The predicted octanol–water partition coefficient (Wildman–Crippen LogP) is 3.65. The number of phenolic OH excluding ortho intramolecular Hbond substituents is 1. The molecule has 0 atom stereocenters. The highest BCUT2D eigenvalue weighted by Crippen LogP contribution is 2.28. The third-order valence-electron chi connectivity index (χ3n) is 3.27. The van der Waals surface area contributed by atoms with Crippen LogP contribution in [-0.4, -0.2) is 5.11 Å². The van der Waals surface area contributed by atoms with Gasteiger partial charge in [-0.15, -0.1) is 0 Å². The first-order valence-electron chi connectivity index (χ1n) is 5.73. The summed E-state index contributed by atoms with van der Waals surface area (Å²) in [4.78, 5) is 0. The zero-order chi connectivity index (χ0) is 10.7. The molecule has 0 radical (unpaired) electrons. The Balaban J connectivity index is 2.03. The highest BCUT2D eigenvalue weighted by atomic mass is 19.1. The van der Waals surface area contributed by atoms with Crippen LogP contribution in [0.15, 0.2) is 18.2 Å². The van der Waals surface area contributed by atoms with Crippen LogP contribution in [0.25, 0.3) is 0 Å². The summed E-state index contributed by atoms with van der Waals surface area (Å²) < 4.78 is 13.4. The lowest BCUT2D eigenvalue weighted by Crippen LogP contribution is -2.10. The van der Waals surface area contributed by atoms with Gasteiger partial charge in [-0.05, 0) is 24.0 Å². The summed E-state index contributed by atoms with van der Waals surface area (Å²) in [5.74, 6) is 0.387. The molecule has 1 aliphatic rings. The Hall–Kier alpha value is -1.05. The topological polar surface area (TPSA) is 20.2 Å². The lowest BCUT2D eigenvalue weighted by atomic mass is 9.85. The second kappa shape index (κ2) is 4.65. The van der Waals surface area contributed by atoms with Crippen LogP contribution in [0.1, 0.15) is 37.7 Å². The molecule has 0 aromatic heterocycles. The van der Waals surface area contributed by atoms with Crippen LogP contribution >= 0.6 is 0 Å². The van der Waals surface area contributed by atoms with Crippen molar-refractivity contribution in [2.45, 2.75) is 38.5 Å². The van der Waals surface area contributed by atoms with Crippen LogP contribution < -0.4 is 0 Å². The maximum Gasteiger partial charge on any atom is 0.130 e. The van der Waals surface area contributed by atoms with E-state index in [1.807, 2.05) is 0 Å². The van der Waals surface area contributed by atoms with Crippen molar-refractivity contribution in [1.82, 2.24) is 0 Å². The molecule has 0 aliphatic heterocycles. The van der Waals surface area contributed by atoms with Crippen molar-refractivity contribution in [3.05, 3.63) is 29.6 Å². The molecule has 15 heavy (non-hydrogen) atoms. The smallest absolute Gasteiger partial charge is 0.130 e. The molecule has 0 saturated heterocycles. The van der Waals surface area contributed by atoms with Crippen molar-refractivity contribution in [3.8, 4) is 5.75 Å². The summed E-state index contributed by atoms with van der Waals surface area (Å²) in [6.07, 6.45) is 7.16. The van der Waals surface area contributed by atoms with E-state index in [-0.39, 0.29) is 11.6 Å². The third-order valence-corrected chi connectivity index (χ3v) is 3.27. The van der Waals surface area contributed by atoms with Crippen molar-refractivity contribution in [3.63, 3.8) is 0 Å². The first-order valence-corrected chi connectivity index (χ1v) is 5.73. The molecule has 1 saturated carbocycles. The summed E-state index contributed by atoms with van der Waals surface area (Å²) >= 11 is 0. The van der Waals surface area contributed by atoms with Gasteiger partial charge in [-0.3, -0.25) is 0 Å². The lowest BCUT2D eigenvalue weighted by molar-refractivity contribution is 0.352. The maximum absolute atomic E-state index is 13.4. The first-order chi connectivity index (χ1) is 7.25. The number of hydrogen-bond donors (Lipinski definition) is 1. The zero-order valence-electron chi connectivity index (χ0n) is 8.88. The molecule has 1 aliphatic carbocycles. The van der Waals surface area contributed by atoms with Crippen molar-refractivity contribution < 1.29 is 9.50 Å². The van der Waals surface area contributed by atoms with Crippen LogP contribution in [0.5, 0.6) is 5.75 Å². The van der Waals surface area contributed by atoms with E-state index >= 15 is 0 Å². The van der Waals surface area contributed by atoms with Crippen LogP contribution in [0, 0.1) is 11.7 Å². The van der Waals surface area contributed by atoms with E-state index in [0.29, 0.717) is 5.92 Å². The molecular weight excluding hydrogens is 191 g/mol. The molecular formula is C13H17FO. The molecule has 0 spiro atoms. The minimum Gasteiger partial charge on any atom is -0.508 e. The van der Waals surface area contributed by atoms with Gasteiger partial charge in [0.05, 0.1) is 0 Å². The van der Waals surface area contributed by atoms with Gasteiger partial charge in [0, 0.05) is 6.07 Å². The second-order valence-electron chi connectivity index (χ2n) is 4.48. The Morgan fingerprint density at radius 2 is 1.93 bits per heavy atom. The van der Waals surface area contributed by atoms with Crippen LogP contribution in [0.4, 0.5) is 4.39 Å². The van der Waals surface area contributed by atoms with E-state index < -0.39 is 0 Å². The van der Waals surface area contributed by atoms with Gasteiger partial charge in [-0.2, -0.15) is 0 Å². The van der Waals surface area contributed by atoms with E-state index in [0.717, 1.165) is 12.0 Å². The Morgan fingerprint density at radius 1 is 1.20 bits per heavy atom.